The van der Waals surface area contributed by atoms with Gasteiger partial charge in [-0.1, -0.05) is 63.3 Å². The maximum atomic E-state index is 13.2. The molecule has 2 unspecified atom stereocenters. The Morgan fingerprint density at radius 1 is 1.25 bits per heavy atom. The van der Waals surface area contributed by atoms with E-state index in [-0.39, 0.29) is 11.5 Å². The number of hydrogen-bond donors (Lipinski definition) is 0. The van der Waals surface area contributed by atoms with Crippen molar-refractivity contribution in [3.8, 4) is 0 Å². The Bertz CT molecular complexity index is 782. The fraction of sp³-hybridized carbons (Fsp3) is 0.368. The number of benzene rings is 1. The van der Waals surface area contributed by atoms with Crippen LogP contribution in [0, 0.1) is 0 Å². The summed E-state index contributed by atoms with van der Waals surface area (Å²) in [6.45, 7) is 6.54. The highest BCUT2D eigenvalue weighted by Gasteiger charge is 2.45. The van der Waals surface area contributed by atoms with Gasteiger partial charge in [-0.3, -0.25) is 9.09 Å². The lowest BCUT2D eigenvalue weighted by molar-refractivity contribution is 0.231. The molecule has 0 bridgehead atoms. The van der Waals surface area contributed by atoms with Crippen LogP contribution in [0.4, 0.5) is 0 Å². The molecule has 5 heteroatoms. The van der Waals surface area contributed by atoms with Crippen molar-refractivity contribution in [2.24, 2.45) is 0 Å². The second kappa shape index (κ2) is 6.56. The maximum absolute atomic E-state index is 13.2. The van der Waals surface area contributed by atoms with Crippen molar-refractivity contribution in [2.45, 2.75) is 38.7 Å². The van der Waals surface area contributed by atoms with Crippen LogP contribution in [-0.4, -0.2) is 13.2 Å². The average molecular weight is 456 g/mol. The van der Waals surface area contributed by atoms with Gasteiger partial charge >= 0.3 is 7.60 Å². The molecule has 0 saturated carbocycles. The fourth-order valence-corrected chi connectivity index (χ4v) is 6.60. The number of rotatable bonds is 3. The molecule has 0 saturated heterocycles. The van der Waals surface area contributed by atoms with Crippen LogP contribution in [0.1, 0.15) is 38.3 Å². The molecule has 0 N–H and O–H groups in total. The molecule has 1 aliphatic heterocycles. The van der Waals surface area contributed by atoms with Gasteiger partial charge in [-0.2, -0.15) is 0 Å². The highest BCUT2D eigenvalue weighted by Crippen LogP contribution is 2.69. The van der Waals surface area contributed by atoms with E-state index in [1.165, 1.54) is 12.7 Å². The molecule has 0 radical (unpaired) electrons. The molecule has 24 heavy (non-hydrogen) atoms. The van der Waals surface area contributed by atoms with Gasteiger partial charge in [0.25, 0.3) is 0 Å². The second-order valence-electron chi connectivity index (χ2n) is 7.06. The van der Waals surface area contributed by atoms with Crippen LogP contribution in [0.15, 0.2) is 51.6 Å². The van der Waals surface area contributed by atoms with Crippen LogP contribution in [-0.2, 0) is 19.0 Å². The first-order chi connectivity index (χ1) is 11.3. The summed E-state index contributed by atoms with van der Waals surface area (Å²) >= 11 is 2.26. The van der Waals surface area contributed by atoms with Gasteiger partial charge in [-0.05, 0) is 51.1 Å². The Balaban J connectivity index is 2.03. The summed E-state index contributed by atoms with van der Waals surface area (Å²) in [6, 6.07) is 8.23. The van der Waals surface area contributed by atoms with Crippen LogP contribution in [0.5, 0.6) is 0 Å². The topological polar surface area (TPSA) is 35.5 Å². The molecule has 0 fully saturated rings. The average Bonchev–Trinajstić information content (AvgIpc) is 3.14. The third-order valence-electron chi connectivity index (χ3n) is 4.38. The third-order valence-corrected chi connectivity index (χ3v) is 7.92. The molecule has 3 rings (SSSR count). The quantitative estimate of drug-likeness (QED) is 0.401. The van der Waals surface area contributed by atoms with Crippen molar-refractivity contribution in [3.63, 3.8) is 0 Å². The molecule has 2 aliphatic rings. The van der Waals surface area contributed by atoms with Crippen LogP contribution in [0.2, 0.25) is 0 Å². The van der Waals surface area contributed by atoms with Gasteiger partial charge in [0, 0.05) is 10.7 Å². The lowest BCUT2D eigenvalue weighted by Gasteiger charge is -2.20. The van der Waals surface area contributed by atoms with E-state index < -0.39 is 7.60 Å². The van der Waals surface area contributed by atoms with E-state index in [0.29, 0.717) is 5.31 Å². The van der Waals surface area contributed by atoms with Gasteiger partial charge in [-0.15, -0.1) is 0 Å². The van der Waals surface area contributed by atoms with Gasteiger partial charge in [0.1, 0.15) is 6.10 Å². The number of hydrogen-bond acceptors (Lipinski definition) is 3. The lowest BCUT2D eigenvalue weighted by Crippen LogP contribution is -2.10. The highest BCUT2D eigenvalue weighted by molar-refractivity contribution is 14.1. The van der Waals surface area contributed by atoms with Gasteiger partial charge in [0.05, 0.1) is 5.31 Å². The van der Waals surface area contributed by atoms with Crippen molar-refractivity contribution in [2.75, 3.05) is 7.11 Å². The molecule has 3 nitrogen and oxygen atoms in total. The largest absolute Gasteiger partial charge is 0.363 e. The summed E-state index contributed by atoms with van der Waals surface area (Å²) in [5.74, 6) is 0. The standard InChI is InChI=1S/C19H22IO3P/c1-19(2,3)15-11-9-14(10-12-15)18-16(20)17(13-7-5-6-8-13)23-24(18,21)22-4/h5-7,9-12,17H,8H2,1-4H3. The van der Waals surface area contributed by atoms with E-state index in [4.69, 9.17) is 9.05 Å². The Kier molecular flexibility index (Phi) is 4.95. The van der Waals surface area contributed by atoms with E-state index in [1.807, 2.05) is 24.3 Å². The maximum Gasteiger partial charge on any atom is 0.363 e. The van der Waals surface area contributed by atoms with Crippen LogP contribution in [0.3, 0.4) is 0 Å². The van der Waals surface area contributed by atoms with Crippen molar-refractivity contribution in [1.82, 2.24) is 0 Å². The van der Waals surface area contributed by atoms with E-state index >= 15 is 0 Å². The molecule has 2 atom stereocenters. The lowest BCUT2D eigenvalue weighted by atomic mass is 9.86. The molecular weight excluding hydrogens is 434 g/mol. The van der Waals surface area contributed by atoms with Crippen molar-refractivity contribution in [1.29, 1.82) is 0 Å². The number of allylic oxidation sites excluding steroid dienone is 3. The minimum atomic E-state index is -3.30. The first-order valence-electron chi connectivity index (χ1n) is 7.97. The Hall–Kier alpha value is -0.680. The molecule has 0 spiro atoms. The molecule has 0 amide bonds. The number of halogens is 1. The smallest absolute Gasteiger partial charge is 0.309 e. The van der Waals surface area contributed by atoms with Crippen molar-refractivity contribution in [3.05, 3.63) is 62.8 Å². The van der Waals surface area contributed by atoms with Gasteiger partial charge in [0.15, 0.2) is 0 Å². The monoisotopic (exact) mass is 456 g/mol. The molecule has 1 aliphatic carbocycles. The van der Waals surface area contributed by atoms with E-state index in [9.17, 15) is 4.57 Å². The SMILES string of the molecule is COP1(=O)OC(C2=CC=CC2)C(I)=C1c1ccc(C(C)(C)C)cc1. The van der Waals surface area contributed by atoms with E-state index in [0.717, 1.165) is 21.1 Å². The summed E-state index contributed by atoms with van der Waals surface area (Å²) in [6.07, 6.45) is 6.68. The third kappa shape index (κ3) is 3.22. The van der Waals surface area contributed by atoms with Crippen LogP contribution >= 0.6 is 30.2 Å². The first-order valence-corrected chi connectivity index (χ1v) is 10.6. The Morgan fingerprint density at radius 3 is 2.42 bits per heavy atom. The van der Waals surface area contributed by atoms with Crippen molar-refractivity contribution < 1.29 is 13.6 Å². The predicted octanol–water partition coefficient (Wildman–Crippen LogP) is 6.21. The molecule has 0 aromatic heterocycles. The van der Waals surface area contributed by atoms with Crippen molar-refractivity contribution >= 4 is 35.5 Å². The van der Waals surface area contributed by atoms with Crippen LogP contribution < -0.4 is 0 Å². The predicted molar refractivity (Wildman–Crippen MR) is 107 cm³/mol. The molecule has 1 aromatic rings. The van der Waals surface area contributed by atoms with Crippen LogP contribution in [0.25, 0.3) is 5.31 Å². The van der Waals surface area contributed by atoms with E-state index in [1.54, 1.807) is 0 Å². The minimum Gasteiger partial charge on any atom is -0.309 e. The summed E-state index contributed by atoms with van der Waals surface area (Å²) < 4.78 is 25.4. The zero-order chi connectivity index (χ0) is 17.5. The zero-order valence-corrected chi connectivity index (χ0v) is 17.4. The molecule has 1 aromatic carbocycles. The fourth-order valence-electron chi connectivity index (χ4n) is 2.94. The summed E-state index contributed by atoms with van der Waals surface area (Å²) in [5, 5.41) is 0.698. The Morgan fingerprint density at radius 2 is 1.92 bits per heavy atom. The normalized spacial score (nSPS) is 27.0. The summed E-state index contributed by atoms with van der Waals surface area (Å²) in [7, 11) is -1.84. The second-order valence-corrected chi connectivity index (χ2v) is 10.2. The van der Waals surface area contributed by atoms with E-state index in [2.05, 4.69) is 61.6 Å². The molecule has 128 valence electrons. The molecule has 1 heterocycles. The Labute approximate surface area is 157 Å². The zero-order valence-electron chi connectivity index (χ0n) is 14.4. The minimum absolute atomic E-state index is 0.0834. The summed E-state index contributed by atoms with van der Waals surface area (Å²) in [5.41, 5.74) is 3.36. The first kappa shape index (κ1) is 18.1. The van der Waals surface area contributed by atoms with Gasteiger partial charge in [-0.25, -0.2) is 0 Å². The highest BCUT2D eigenvalue weighted by atomic mass is 127. The van der Waals surface area contributed by atoms with Gasteiger partial charge in [0.2, 0.25) is 0 Å². The molecular formula is C19H22IO3P. The summed E-state index contributed by atoms with van der Waals surface area (Å²) in [4.78, 5) is 0. The van der Waals surface area contributed by atoms with Gasteiger partial charge < -0.3 is 4.52 Å².